The molecule has 0 spiro atoms. The zero-order valence-electron chi connectivity index (χ0n) is 21.5. The Hall–Kier alpha value is -2.97. The van der Waals surface area contributed by atoms with Crippen LogP contribution in [-0.2, 0) is 56.2 Å². The molecule has 1 aromatic carbocycles. The van der Waals surface area contributed by atoms with Crippen molar-refractivity contribution in [3.8, 4) is 22.3 Å². The first-order valence-electron chi connectivity index (χ1n) is 10.7. The third-order valence-electron chi connectivity index (χ3n) is 4.58. The average Bonchev–Trinajstić information content (AvgIpc) is 3.71. The maximum absolute atomic E-state index is 10.6. The summed E-state index contributed by atoms with van der Waals surface area (Å²) in [5, 5.41) is 0. The maximum Gasteiger partial charge on any atom is 2.00 e. The molecule has 0 fully saturated rings. The van der Waals surface area contributed by atoms with Gasteiger partial charge in [-0.2, -0.15) is 17.2 Å². The molecule has 0 aliphatic rings. The quantitative estimate of drug-likeness (QED) is 0.145. The number of nitrogens with one attached hydrogen (secondary N) is 4. The fourth-order valence-corrected chi connectivity index (χ4v) is 6.07. The molecule has 5 aromatic rings. The van der Waals surface area contributed by atoms with Crippen molar-refractivity contribution in [3.63, 3.8) is 0 Å². The predicted octanol–water partition coefficient (Wildman–Crippen LogP) is 4.98. The Morgan fingerprint density at radius 3 is 2.12 bits per heavy atom. The number of H-pyrrole nitrogens is 2. The van der Waals surface area contributed by atoms with Crippen LogP contribution in [0.1, 0.15) is 10.6 Å². The van der Waals surface area contributed by atoms with Crippen LogP contribution in [0.5, 0.6) is 0 Å². The monoisotopic (exact) mass is 714 g/mol. The molecule has 4 aromatic heterocycles. The van der Waals surface area contributed by atoms with Crippen LogP contribution < -0.4 is 11.1 Å². The van der Waals surface area contributed by atoms with E-state index >= 15 is 0 Å². The molecule has 2 amide bonds. The summed E-state index contributed by atoms with van der Waals surface area (Å²) < 4.78 is 9.92. The Kier molecular flexibility index (Phi) is 16.4. The van der Waals surface area contributed by atoms with Gasteiger partial charge >= 0.3 is 37.1 Å². The van der Waals surface area contributed by atoms with Crippen LogP contribution in [0.4, 0.5) is 9.59 Å². The molecule has 42 heavy (non-hydrogen) atoms. The number of ether oxygens (including phenoxy) is 2. The number of rotatable bonds is 5. The number of hydrogen-bond acceptors (Lipinski definition) is 10. The van der Waals surface area contributed by atoms with Crippen LogP contribution in [-0.4, -0.2) is 58.4 Å². The third-order valence-corrected chi connectivity index (χ3v) is 8.01. The molecule has 4 heterocycles. The van der Waals surface area contributed by atoms with E-state index in [9.17, 15) is 19.2 Å². The molecule has 5 rings (SSSR count). The second-order valence-corrected chi connectivity index (χ2v) is 11.1. The van der Waals surface area contributed by atoms with Crippen molar-refractivity contribution in [2.24, 2.45) is 0 Å². The van der Waals surface area contributed by atoms with Crippen molar-refractivity contribution >= 4 is 95.6 Å². The molecule has 0 saturated heterocycles. The largest absolute Gasteiger partial charge is 2.00 e. The van der Waals surface area contributed by atoms with Gasteiger partial charge in [0.2, 0.25) is 12.2 Å². The van der Waals surface area contributed by atoms with Gasteiger partial charge in [-0.15, -0.1) is 22.7 Å². The Morgan fingerprint density at radius 2 is 1.52 bits per heavy atom. The molecule has 0 bridgehead atoms. The number of amides is 2. The van der Waals surface area contributed by atoms with Gasteiger partial charge in [0.15, 0.2) is 0 Å². The van der Waals surface area contributed by atoms with Crippen LogP contribution in [0.25, 0.3) is 42.3 Å². The summed E-state index contributed by atoms with van der Waals surface area (Å²) in [6.07, 6.45) is -0.360. The number of carbonyl (C=O) groups excluding carboxylic acids is 4. The normalized spacial score (nSPS) is 9.95. The van der Waals surface area contributed by atoms with Crippen molar-refractivity contribution in [1.29, 1.82) is 0 Å². The number of thiophene rings is 2. The first-order valence-corrected chi connectivity index (χ1v) is 14.4. The third kappa shape index (κ3) is 11.0. The molecule has 2 radical (unpaired) electrons. The molecular weight excluding hydrogens is 696 g/mol. The molecule has 12 nitrogen and oxygen atoms in total. The Labute approximate surface area is 274 Å². The number of hydrogen-bond donors (Lipinski definition) is 2. The van der Waals surface area contributed by atoms with E-state index in [0.717, 1.165) is 35.7 Å². The zero-order valence-corrected chi connectivity index (χ0v) is 27.9. The minimum atomic E-state index is -0.995. The summed E-state index contributed by atoms with van der Waals surface area (Å²) in [7, 11) is 2.14. The van der Waals surface area contributed by atoms with Gasteiger partial charge in [-0.3, -0.25) is 9.59 Å². The molecule has 0 aliphatic heterocycles. The van der Waals surface area contributed by atoms with Gasteiger partial charge < -0.3 is 40.5 Å². The fourth-order valence-electron chi connectivity index (χ4n) is 2.94. The second-order valence-electron chi connectivity index (χ2n) is 7.10. The predicted molar refractivity (Wildman–Crippen MR) is 160 cm³/mol. The Balaban J connectivity index is 0.000000640. The molecule has 212 valence electrons. The van der Waals surface area contributed by atoms with E-state index in [0.29, 0.717) is 16.8 Å². The number of methoxy groups -OCH3 is 2. The Bertz CT molecular complexity index is 1680. The van der Waals surface area contributed by atoms with E-state index in [2.05, 4.69) is 59.4 Å². The van der Waals surface area contributed by atoms with Crippen LogP contribution in [0, 0.1) is 11.8 Å². The van der Waals surface area contributed by atoms with Gasteiger partial charge in [-0.25, -0.2) is 22.0 Å². The number of fused-ring (bicyclic) bond motifs is 2. The van der Waals surface area contributed by atoms with Gasteiger partial charge in [0.25, 0.3) is 0 Å². The van der Waals surface area contributed by atoms with Gasteiger partial charge in [0.1, 0.15) is 5.69 Å². The molecule has 2 unspecified atom stereocenters. The van der Waals surface area contributed by atoms with Gasteiger partial charge in [0, 0.05) is 14.3 Å². The average molecular weight is 714 g/mol. The van der Waals surface area contributed by atoms with E-state index in [4.69, 9.17) is 11.5 Å². The number of nitrogens with zero attached hydrogens (tertiary/aromatic N) is 2. The van der Waals surface area contributed by atoms with E-state index < -0.39 is 12.2 Å². The van der Waals surface area contributed by atoms with Gasteiger partial charge in [0.05, 0.1) is 47.5 Å². The van der Waals surface area contributed by atoms with Crippen LogP contribution in [0.3, 0.4) is 0 Å². The molecule has 4 N–H and O–H groups in total. The topological polar surface area (TPSA) is 192 Å². The number of aromatic amines is 2. The minimum absolute atomic E-state index is 0. The molecular formula is C24H18N6O6P2S2V2. The zero-order chi connectivity index (χ0) is 29.1. The number of imidazole rings is 2. The first-order chi connectivity index (χ1) is 19.3. The molecule has 0 saturated carbocycles. The summed E-state index contributed by atoms with van der Waals surface area (Å²) in [4.78, 5) is 56.4. The Morgan fingerprint density at radius 1 is 0.905 bits per heavy atom. The minimum Gasteiger partial charge on any atom is -0.632 e. The van der Waals surface area contributed by atoms with Gasteiger partial charge in [-0.05, 0) is 41.7 Å². The van der Waals surface area contributed by atoms with Crippen molar-refractivity contribution in [2.75, 3.05) is 14.2 Å². The standard InChI is InChI=1S/C20H10N4O2P2S2.2C2H5NO2.2V/c25-9-27-19-21-8-12(22-19)2-3-13-6-17-18(29-13)7-16(30-17)11-1-4-14-15(5-11)24-20(23-14)28-10-26;2*1-5-2(3)4;;/h1,4-8,27-28H,(H,21,22)(H,23,24);2*1H3,(H2,3,4);;/q-2;;;2*+2/p-2. The summed E-state index contributed by atoms with van der Waals surface area (Å²) in [5.74, 6) is 6.21. The number of aromatic nitrogens is 4. The SMILES string of the molecule is COC([NH-])=O.COC([NH-])=O.O=[C-]Pc1ncc(C#Cc2cc3sc(-c4ccc5nc(P[C-]=O)[nH]c5c4)cc3s2)[nH]1.[V+2].[V+2]. The summed E-state index contributed by atoms with van der Waals surface area (Å²) >= 11 is 3.36. The number of carbonyl (C=O) groups is 2. The summed E-state index contributed by atoms with van der Waals surface area (Å²) in [5.41, 5.74) is 16.7. The number of benzene rings is 1. The summed E-state index contributed by atoms with van der Waals surface area (Å²) in [6.45, 7) is 0. The van der Waals surface area contributed by atoms with Crippen LogP contribution >= 0.6 is 39.8 Å². The van der Waals surface area contributed by atoms with Crippen molar-refractivity contribution in [1.82, 2.24) is 19.9 Å². The van der Waals surface area contributed by atoms with Crippen LogP contribution in [0.2, 0.25) is 0 Å². The van der Waals surface area contributed by atoms with Crippen LogP contribution in [0.15, 0.2) is 36.5 Å². The first kappa shape index (κ1) is 37.1. The van der Waals surface area contributed by atoms with E-state index in [-0.39, 0.29) is 54.3 Å². The van der Waals surface area contributed by atoms with Crippen molar-refractivity contribution in [2.45, 2.75) is 0 Å². The van der Waals surface area contributed by atoms with E-state index in [1.165, 1.54) is 14.3 Å². The fraction of sp³-hybridized carbons (Fsp3) is 0.0833. The van der Waals surface area contributed by atoms with E-state index in [1.807, 2.05) is 24.2 Å². The maximum atomic E-state index is 10.6. The smallest absolute Gasteiger partial charge is 0.632 e. The summed E-state index contributed by atoms with van der Waals surface area (Å²) in [6, 6.07) is 14.1. The second kappa shape index (κ2) is 18.5. The molecule has 18 heteroatoms. The van der Waals surface area contributed by atoms with Gasteiger partial charge in [-0.1, -0.05) is 6.07 Å². The molecule has 2 atom stereocenters. The van der Waals surface area contributed by atoms with Crippen molar-refractivity contribution < 1.29 is 65.8 Å². The van der Waals surface area contributed by atoms with Crippen molar-refractivity contribution in [3.05, 3.63) is 58.6 Å². The molecule has 0 aliphatic carbocycles. The van der Waals surface area contributed by atoms with E-state index in [1.54, 1.807) is 28.9 Å².